The van der Waals surface area contributed by atoms with E-state index in [0.717, 1.165) is 44.0 Å². The molecule has 0 radical (unpaired) electrons. The minimum atomic E-state index is -0.0427. The summed E-state index contributed by atoms with van der Waals surface area (Å²) in [7, 11) is 0. The van der Waals surface area contributed by atoms with Gasteiger partial charge in [-0.25, -0.2) is 4.99 Å². The fraction of sp³-hybridized carbons (Fsp3) is 0.419. The number of benzene rings is 2. The lowest BCUT2D eigenvalue weighted by Gasteiger charge is -2.29. The predicted molar refractivity (Wildman–Crippen MR) is 155 cm³/mol. The first kappa shape index (κ1) is 25.1. The molecule has 37 heavy (non-hydrogen) atoms. The molecule has 0 amide bonds. The Morgan fingerprint density at radius 3 is 1.89 bits per heavy atom. The number of carbonyl (C=O) groups excluding carboxylic acids is 1. The summed E-state index contributed by atoms with van der Waals surface area (Å²) in [6.45, 7) is 6.51. The lowest BCUT2D eigenvalue weighted by Crippen LogP contribution is -2.29. The molecule has 194 valence electrons. The number of nitrogens with two attached hydrogens (primary N) is 1. The third-order valence-corrected chi connectivity index (χ3v) is 7.59. The number of aliphatic imine (C=N–C) groups is 1. The molecule has 3 aliphatic rings. The highest BCUT2D eigenvalue weighted by Gasteiger charge is 2.25. The van der Waals surface area contributed by atoms with Gasteiger partial charge in [-0.05, 0) is 99.6 Å². The van der Waals surface area contributed by atoms with E-state index >= 15 is 0 Å². The fourth-order valence-electron chi connectivity index (χ4n) is 5.50. The van der Waals surface area contributed by atoms with Gasteiger partial charge < -0.3 is 20.9 Å². The van der Waals surface area contributed by atoms with Gasteiger partial charge in [0.2, 0.25) is 5.78 Å². The molecule has 6 nitrogen and oxygen atoms in total. The zero-order valence-electron chi connectivity index (χ0n) is 22.0. The number of anilines is 3. The van der Waals surface area contributed by atoms with Gasteiger partial charge in [0, 0.05) is 48.8 Å². The van der Waals surface area contributed by atoms with Gasteiger partial charge in [-0.3, -0.25) is 4.79 Å². The van der Waals surface area contributed by atoms with Crippen molar-refractivity contribution in [2.24, 2.45) is 10.7 Å². The van der Waals surface area contributed by atoms with Crippen LogP contribution in [0.4, 0.5) is 22.7 Å². The first-order valence-electron chi connectivity index (χ1n) is 13.9. The van der Waals surface area contributed by atoms with E-state index in [1.54, 1.807) is 6.08 Å². The van der Waals surface area contributed by atoms with Crippen molar-refractivity contribution in [1.82, 2.24) is 0 Å². The average molecular weight is 498 g/mol. The monoisotopic (exact) mass is 497 g/mol. The van der Waals surface area contributed by atoms with Crippen molar-refractivity contribution in [3.05, 3.63) is 71.6 Å². The van der Waals surface area contributed by atoms with Crippen LogP contribution in [0.2, 0.25) is 0 Å². The Morgan fingerprint density at radius 1 is 0.811 bits per heavy atom. The van der Waals surface area contributed by atoms with Crippen LogP contribution in [0.15, 0.2) is 76.6 Å². The van der Waals surface area contributed by atoms with Gasteiger partial charge in [-0.2, -0.15) is 0 Å². The van der Waals surface area contributed by atoms with Gasteiger partial charge >= 0.3 is 0 Å². The van der Waals surface area contributed by atoms with Crippen molar-refractivity contribution in [2.75, 3.05) is 41.3 Å². The van der Waals surface area contributed by atoms with Gasteiger partial charge in [0.1, 0.15) is 0 Å². The van der Waals surface area contributed by atoms with Crippen LogP contribution >= 0.6 is 0 Å². The number of nitrogens with zero attached hydrogens (tertiary/aromatic N) is 3. The average Bonchev–Trinajstić information content (AvgIpc) is 2.95. The van der Waals surface area contributed by atoms with Crippen molar-refractivity contribution in [3.63, 3.8) is 0 Å². The van der Waals surface area contributed by atoms with Crippen LogP contribution in [0.25, 0.3) is 0 Å². The Bertz CT molecular complexity index is 1180. The normalized spacial score (nSPS) is 19.9. The fourth-order valence-corrected chi connectivity index (χ4v) is 5.50. The first-order chi connectivity index (χ1) is 18.1. The van der Waals surface area contributed by atoms with Crippen molar-refractivity contribution >= 4 is 34.2 Å². The van der Waals surface area contributed by atoms with Crippen LogP contribution in [-0.4, -0.2) is 37.7 Å². The van der Waals surface area contributed by atoms with Crippen LogP contribution in [0.5, 0.6) is 0 Å². The molecule has 0 bridgehead atoms. The Labute approximate surface area is 220 Å². The van der Waals surface area contributed by atoms with Crippen LogP contribution < -0.4 is 20.9 Å². The van der Waals surface area contributed by atoms with Crippen LogP contribution in [-0.2, 0) is 4.79 Å². The summed E-state index contributed by atoms with van der Waals surface area (Å²) in [6, 6.07) is 16.7. The number of Topliss-reactive ketones (excluding diaryl/α,β-unsaturated/α-hetero) is 1. The van der Waals surface area contributed by atoms with E-state index in [0.29, 0.717) is 29.1 Å². The highest BCUT2D eigenvalue weighted by Crippen LogP contribution is 2.28. The molecule has 5 rings (SSSR count). The number of rotatable bonds is 7. The molecule has 0 unspecified atom stereocenters. The SMILES string of the molecule is CCCC1=C(N)C(=Nc2ccc(N3CCCCC3)cc2)C=C(Nc2ccc(N3CCCCC3)cc2)C1=O. The van der Waals surface area contributed by atoms with Crippen molar-refractivity contribution < 1.29 is 4.79 Å². The summed E-state index contributed by atoms with van der Waals surface area (Å²) in [4.78, 5) is 23.1. The molecule has 3 N–H and O–H groups in total. The molecule has 2 fully saturated rings. The number of hydrogen-bond donors (Lipinski definition) is 2. The number of ketones is 1. The highest BCUT2D eigenvalue weighted by molar-refractivity contribution is 6.25. The van der Waals surface area contributed by atoms with Gasteiger partial charge in [-0.15, -0.1) is 0 Å². The number of nitrogens with one attached hydrogen (secondary N) is 1. The Morgan fingerprint density at radius 2 is 1.35 bits per heavy atom. The second kappa shape index (κ2) is 11.7. The summed E-state index contributed by atoms with van der Waals surface area (Å²) in [5.74, 6) is -0.0427. The van der Waals surface area contributed by atoms with E-state index in [4.69, 9.17) is 10.7 Å². The molecule has 2 heterocycles. The highest BCUT2D eigenvalue weighted by atomic mass is 16.1. The maximum absolute atomic E-state index is 13.3. The second-order valence-corrected chi connectivity index (χ2v) is 10.3. The molecule has 2 aromatic carbocycles. The number of allylic oxidation sites excluding steroid dienone is 2. The molecule has 6 heteroatoms. The van der Waals surface area contributed by atoms with Crippen LogP contribution in [0, 0.1) is 0 Å². The maximum Gasteiger partial charge on any atom is 0.207 e. The maximum atomic E-state index is 13.3. The molecule has 0 spiro atoms. The lowest BCUT2D eigenvalue weighted by atomic mass is 9.93. The van der Waals surface area contributed by atoms with E-state index in [2.05, 4.69) is 58.4 Å². The molecule has 0 saturated carbocycles. The zero-order chi connectivity index (χ0) is 25.6. The predicted octanol–water partition coefficient (Wildman–Crippen LogP) is 6.33. The van der Waals surface area contributed by atoms with E-state index in [1.165, 1.54) is 49.9 Å². The quantitative estimate of drug-likeness (QED) is 0.437. The number of piperidine rings is 2. The summed E-state index contributed by atoms with van der Waals surface area (Å²) in [6.07, 6.45) is 10.9. The van der Waals surface area contributed by atoms with E-state index in [-0.39, 0.29) is 5.78 Å². The number of hydrogen-bond acceptors (Lipinski definition) is 6. The Kier molecular flexibility index (Phi) is 7.93. The van der Waals surface area contributed by atoms with Gasteiger partial charge in [-0.1, -0.05) is 13.3 Å². The number of carbonyl (C=O) groups is 1. The zero-order valence-corrected chi connectivity index (χ0v) is 22.0. The molecule has 0 atom stereocenters. The third kappa shape index (κ3) is 5.90. The standard InChI is InChI=1S/C31H39N5O/c1-2-9-27-30(32)28(33-23-10-14-25(15-11-23)35-18-5-3-6-19-35)22-29(31(27)37)34-24-12-16-26(17-13-24)36-20-7-4-8-21-36/h10-17,22,34H,2-9,18-21,32H2,1H3. The molecular weight excluding hydrogens is 458 g/mol. The summed E-state index contributed by atoms with van der Waals surface area (Å²) in [5.41, 5.74) is 13.0. The molecule has 2 saturated heterocycles. The van der Waals surface area contributed by atoms with Crippen molar-refractivity contribution in [3.8, 4) is 0 Å². The third-order valence-electron chi connectivity index (χ3n) is 7.59. The lowest BCUT2D eigenvalue weighted by molar-refractivity contribution is -0.112. The Balaban J connectivity index is 1.37. The van der Waals surface area contributed by atoms with Crippen molar-refractivity contribution in [1.29, 1.82) is 0 Å². The first-order valence-corrected chi connectivity index (χ1v) is 13.9. The summed E-state index contributed by atoms with van der Waals surface area (Å²) < 4.78 is 0. The van der Waals surface area contributed by atoms with E-state index < -0.39 is 0 Å². The molecule has 0 aromatic heterocycles. The van der Waals surface area contributed by atoms with E-state index in [9.17, 15) is 4.79 Å². The molecule has 2 aliphatic heterocycles. The smallest absolute Gasteiger partial charge is 0.207 e. The summed E-state index contributed by atoms with van der Waals surface area (Å²) in [5, 5.41) is 3.35. The van der Waals surface area contributed by atoms with Gasteiger partial charge in [0.05, 0.1) is 22.8 Å². The minimum Gasteiger partial charge on any atom is -0.397 e. The molecule has 1 aliphatic carbocycles. The largest absolute Gasteiger partial charge is 0.397 e. The Hall–Kier alpha value is -3.54. The van der Waals surface area contributed by atoms with Crippen molar-refractivity contribution in [2.45, 2.75) is 58.3 Å². The minimum absolute atomic E-state index is 0.0427. The molecule has 2 aromatic rings. The van der Waals surface area contributed by atoms with E-state index in [1.807, 2.05) is 12.1 Å². The van der Waals surface area contributed by atoms with Crippen LogP contribution in [0.1, 0.15) is 58.3 Å². The van der Waals surface area contributed by atoms with Gasteiger partial charge in [0.25, 0.3) is 0 Å². The summed E-state index contributed by atoms with van der Waals surface area (Å²) >= 11 is 0. The molecular formula is C31H39N5O. The second-order valence-electron chi connectivity index (χ2n) is 10.3. The topological polar surface area (TPSA) is 74.0 Å². The van der Waals surface area contributed by atoms with Gasteiger partial charge in [0.15, 0.2) is 0 Å². The van der Waals surface area contributed by atoms with Crippen LogP contribution in [0.3, 0.4) is 0 Å².